The van der Waals surface area contributed by atoms with Crippen molar-refractivity contribution in [1.82, 2.24) is 9.62 Å². The summed E-state index contributed by atoms with van der Waals surface area (Å²) in [4.78, 5) is 12.7. The molecule has 8 heteroatoms. The van der Waals surface area contributed by atoms with Crippen LogP contribution in [0.3, 0.4) is 0 Å². The molecule has 0 aromatic heterocycles. The molecule has 1 atom stereocenters. The van der Waals surface area contributed by atoms with Crippen molar-refractivity contribution >= 4 is 15.9 Å². The molecule has 0 spiro atoms. The van der Waals surface area contributed by atoms with Gasteiger partial charge < -0.3 is 14.8 Å². The van der Waals surface area contributed by atoms with Gasteiger partial charge in [-0.05, 0) is 56.4 Å². The number of amides is 1. The van der Waals surface area contributed by atoms with E-state index < -0.39 is 10.0 Å². The molecule has 0 bridgehead atoms. The van der Waals surface area contributed by atoms with Crippen molar-refractivity contribution in [3.63, 3.8) is 0 Å². The zero-order valence-corrected chi connectivity index (χ0v) is 18.9. The minimum atomic E-state index is -3.59. The standard InChI is InChI=1S/C21H34N2O5S/c1-15(2)17(4)22-21(24)18-8-10-23(11-9-18)29(25,26)19-6-7-20(16(3)14-19)28-13-12-27-5/h6-7,14-15,17-18H,8-13H2,1-5H3,(H,22,24). The highest BCUT2D eigenvalue weighted by molar-refractivity contribution is 7.89. The Morgan fingerprint density at radius 1 is 1.21 bits per heavy atom. The average Bonchev–Trinajstić information content (AvgIpc) is 2.69. The van der Waals surface area contributed by atoms with Crippen LogP contribution in [0.4, 0.5) is 0 Å². The first-order chi connectivity index (χ1) is 13.7. The topological polar surface area (TPSA) is 84.9 Å². The molecule has 1 fully saturated rings. The molecule has 0 radical (unpaired) electrons. The lowest BCUT2D eigenvalue weighted by molar-refractivity contribution is -0.127. The molecule has 164 valence electrons. The van der Waals surface area contributed by atoms with E-state index in [9.17, 15) is 13.2 Å². The number of nitrogens with one attached hydrogen (secondary N) is 1. The predicted molar refractivity (Wildman–Crippen MR) is 112 cm³/mol. The van der Waals surface area contributed by atoms with E-state index in [1.54, 1.807) is 25.3 Å². The summed E-state index contributed by atoms with van der Waals surface area (Å²) in [5.74, 6) is 0.900. The number of ether oxygens (including phenoxy) is 2. The monoisotopic (exact) mass is 426 g/mol. The summed E-state index contributed by atoms with van der Waals surface area (Å²) >= 11 is 0. The highest BCUT2D eigenvalue weighted by atomic mass is 32.2. The Balaban J connectivity index is 1.99. The minimum Gasteiger partial charge on any atom is -0.491 e. The fourth-order valence-corrected chi connectivity index (χ4v) is 4.75. The van der Waals surface area contributed by atoms with E-state index in [4.69, 9.17) is 9.47 Å². The van der Waals surface area contributed by atoms with Crippen LogP contribution in [0.5, 0.6) is 5.75 Å². The SMILES string of the molecule is COCCOc1ccc(S(=O)(=O)N2CCC(C(=O)NC(C)C(C)C)CC2)cc1C. The zero-order valence-electron chi connectivity index (χ0n) is 18.1. The summed E-state index contributed by atoms with van der Waals surface area (Å²) in [7, 11) is -1.99. The molecule has 1 aromatic rings. The fraction of sp³-hybridized carbons (Fsp3) is 0.667. The first kappa shape index (κ1) is 23.6. The van der Waals surface area contributed by atoms with Crippen LogP contribution in [-0.4, -0.2) is 58.1 Å². The van der Waals surface area contributed by atoms with Crippen molar-refractivity contribution in [2.24, 2.45) is 11.8 Å². The Hall–Kier alpha value is -1.64. The largest absolute Gasteiger partial charge is 0.491 e. The third kappa shape index (κ3) is 6.17. The van der Waals surface area contributed by atoms with Crippen molar-refractivity contribution in [3.8, 4) is 5.75 Å². The molecule has 2 rings (SSSR count). The van der Waals surface area contributed by atoms with Crippen LogP contribution in [0.25, 0.3) is 0 Å². The van der Waals surface area contributed by atoms with E-state index in [0.29, 0.717) is 50.8 Å². The number of nitrogens with zero attached hydrogens (tertiary/aromatic N) is 1. The van der Waals surface area contributed by atoms with Gasteiger partial charge in [0.05, 0.1) is 11.5 Å². The zero-order chi connectivity index (χ0) is 21.6. The first-order valence-electron chi connectivity index (χ1n) is 10.2. The number of hydrogen-bond donors (Lipinski definition) is 1. The second-order valence-electron chi connectivity index (χ2n) is 7.99. The number of carbonyl (C=O) groups excluding carboxylic acids is 1. The Bertz CT molecular complexity index is 786. The van der Waals surface area contributed by atoms with Gasteiger partial charge in [-0.3, -0.25) is 4.79 Å². The number of benzene rings is 1. The van der Waals surface area contributed by atoms with E-state index in [2.05, 4.69) is 19.2 Å². The molecule has 7 nitrogen and oxygen atoms in total. The minimum absolute atomic E-state index is 0.0247. The molecular weight excluding hydrogens is 392 g/mol. The lowest BCUT2D eigenvalue weighted by Crippen LogP contribution is -2.45. The molecule has 1 amide bonds. The summed E-state index contributed by atoms with van der Waals surface area (Å²) in [5.41, 5.74) is 0.763. The third-order valence-corrected chi connectivity index (χ3v) is 7.42. The summed E-state index contributed by atoms with van der Waals surface area (Å²) in [6, 6.07) is 5.01. The Morgan fingerprint density at radius 2 is 1.86 bits per heavy atom. The molecule has 1 saturated heterocycles. The van der Waals surface area contributed by atoms with Gasteiger partial charge in [-0.1, -0.05) is 13.8 Å². The molecule has 1 unspecified atom stereocenters. The number of sulfonamides is 1. The van der Waals surface area contributed by atoms with Gasteiger partial charge in [-0.15, -0.1) is 0 Å². The molecular formula is C21H34N2O5S. The van der Waals surface area contributed by atoms with Crippen LogP contribution in [0, 0.1) is 18.8 Å². The average molecular weight is 427 g/mol. The Kier molecular flexibility index (Phi) is 8.48. The van der Waals surface area contributed by atoms with E-state index in [1.165, 1.54) is 4.31 Å². The second-order valence-corrected chi connectivity index (χ2v) is 9.93. The lowest BCUT2D eigenvalue weighted by atomic mass is 9.96. The smallest absolute Gasteiger partial charge is 0.243 e. The van der Waals surface area contributed by atoms with E-state index in [-0.39, 0.29) is 22.8 Å². The van der Waals surface area contributed by atoms with Gasteiger partial charge in [-0.25, -0.2) is 8.42 Å². The van der Waals surface area contributed by atoms with Gasteiger partial charge in [0.2, 0.25) is 15.9 Å². The predicted octanol–water partition coefficient (Wildman–Crippen LogP) is 2.58. The number of hydrogen-bond acceptors (Lipinski definition) is 5. The third-order valence-electron chi connectivity index (χ3n) is 5.52. The molecule has 0 aliphatic carbocycles. The number of methoxy groups -OCH3 is 1. The summed E-state index contributed by atoms with van der Waals surface area (Å²) in [6.45, 7) is 9.53. The first-order valence-corrected chi connectivity index (χ1v) is 11.6. The molecule has 29 heavy (non-hydrogen) atoms. The molecule has 0 saturated carbocycles. The molecule has 1 aromatic carbocycles. The van der Waals surface area contributed by atoms with Crippen molar-refractivity contribution in [2.75, 3.05) is 33.4 Å². The van der Waals surface area contributed by atoms with Crippen LogP contribution in [0.1, 0.15) is 39.2 Å². The highest BCUT2D eigenvalue weighted by Gasteiger charge is 2.32. The Labute approximate surface area is 174 Å². The highest BCUT2D eigenvalue weighted by Crippen LogP contribution is 2.27. The van der Waals surface area contributed by atoms with E-state index in [0.717, 1.165) is 5.56 Å². The molecule has 1 aliphatic heterocycles. The fourth-order valence-electron chi connectivity index (χ4n) is 3.20. The van der Waals surface area contributed by atoms with Crippen molar-refractivity contribution in [3.05, 3.63) is 23.8 Å². The maximum absolute atomic E-state index is 13.0. The maximum Gasteiger partial charge on any atom is 0.243 e. The van der Waals surface area contributed by atoms with Crippen LogP contribution in [-0.2, 0) is 19.6 Å². The summed E-state index contributed by atoms with van der Waals surface area (Å²) in [5, 5.41) is 3.04. The van der Waals surface area contributed by atoms with Gasteiger partial charge in [-0.2, -0.15) is 4.31 Å². The number of carbonyl (C=O) groups is 1. The van der Waals surface area contributed by atoms with Crippen LogP contribution in [0.2, 0.25) is 0 Å². The molecule has 1 N–H and O–H groups in total. The molecule has 1 aliphatic rings. The normalized spacial score (nSPS) is 17.3. The summed E-state index contributed by atoms with van der Waals surface area (Å²) in [6.07, 6.45) is 1.07. The van der Waals surface area contributed by atoms with Crippen molar-refractivity contribution < 1.29 is 22.7 Å². The van der Waals surface area contributed by atoms with Gasteiger partial charge in [0.25, 0.3) is 0 Å². The van der Waals surface area contributed by atoms with Gasteiger partial charge >= 0.3 is 0 Å². The second kappa shape index (κ2) is 10.4. The van der Waals surface area contributed by atoms with Crippen LogP contribution >= 0.6 is 0 Å². The number of rotatable bonds is 9. The van der Waals surface area contributed by atoms with Crippen molar-refractivity contribution in [1.29, 1.82) is 0 Å². The summed E-state index contributed by atoms with van der Waals surface area (Å²) < 4.78 is 38.1. The number of aryl methyl sites for hydroxylation is 1. The Morgan fingerprint density at radius 3 is 2.41 bits per heavy atom. The van der Waals surface area contributed by atoms with Crippen LogP contribution < -0.4 is 10.1 Å². The lowest BCUT2D eigenvalue weighted by Gasteiger charge is -2.31. The number of piperidine rings is 1. The molecule has 1 heterocycles. The van der Waals surface area contributed by atoms with Gasteiger partial charge in [0.1, 0.15) is 12.4 Å². The van der Waals surface area contributed by atoms with Crippen molar-refractivity contribution in [2.45, 2.75) is 51.5 Å². The quantitative estimate of drug-likeness (QED) is 0.614. The van der Waals surface area contributed by atoms with E-state index >= 15 is 0 Å². The maximum atomic E-state index is 13.0. The van der Waals surface area contributed by atoms with Gasteiger partial charge in [0.15, 0.2) is 0 Å². The van der Waals surface area contributed by atoms with Gasteiger partial charge in [0, 0.05) is 32.2 Å². The van der Waals surface area contributed by atoms with Crippen LogP contribution in [0.15, 0.2) is 23.1 Å². The van der Waals surface area contributed by atoms with E-state index in [1.807, 2.05) is 13.8 Å².